The first-order valence-electron chi connectivity index (χ1n) is 9.94. The van der Waals surface area contributed by atoms with Crippen molar-refractivity contribution in [1.29, 1.82) is 0 Å². The van der Waals surface area contributed by atoms with Crippen molar-refractivity contribution in [2.45, 2.75) is 25.8 Å². The fourth-order valence-corrected chi connectivity index (χ4v) is 3.65. The molecule has 0 aliphatic carbocycles. The Morgan fingerprint density at radius 2 is 2.00 bits per heavy atom. The van der Waals surface area contributed by atoms with Crippen LogP contribution in [0.4, 0.5) is 0 Å². The first kappa shape index (κ1) is 19.0. The summed E-state index contributed by atoms with van der Waals surface area (Å²) >= 11 is 0. The number of amides is 2. The molecule has 0 spiro atoms. The normalized spacial score (nSPS) is 16.9. The zero-order chi connectivity index (χ0) is 20.1. The molecule has 1 aliphatic rings. The topological polar surface area (TPSA) is 93.0 Å². The Bertz CT molecular complexity index is 987. The molecule has 0 bridgehead atoms. The molecule has 0 radical (unpaired) electrons. The van der Waals surface area contributed by atoms with Gasteiger partial charge in [-0.2, -0.15) is 0 Å². The van der Waals surface area contributed by atoms with Crippen LogP contribution in [0.25, 0.3) is 11.0 Å². The van der Waals surface area contributed by atoms with Gasteiger partial charge in [-0.1, -0.05) is 23.4 Å². The molecule has 3 aromatic rings. The predicted octanol–water partition coefficient (Wildman–Crippen LogP) is 1.42. The van der Waals surface area contributed by atoms with Crippen molar-refractivity contribution in [2.24, 2.45) is 5.92 Å². The quantitative estimate of drug-likeness (QED) is 0.656. The summed E-state index contributed by atoms with van der Waals surface area (Å²) in [5, 5.41) is 11.2. The molecule has 29 heavy (non-hydrogen) atoms. The molecule has 3 heterocycles. The second kappa shape index (κ2) is 8.81. The monoisotopic (exact) mass is 392 g/mol. The Balaban J connectivity index is 1.27. The van der Waals surface area contributed by atoms with Gasteiger partial charge in [-0.3, -0.25) is 14.6 Å². The van der Waals surface area contributed by atoms with Crippen molar-refractivity contribution in [2.75, 3.05) is 19.6 Å². The molecule has 1 atom stereocenters. The molecule has 8 heteroatoms. The maximum absolute atomic E-state index is 12.6. The van der Waals surface area contributed by atoms with Gasteiger partial charge in [0.15, 0.2) is 0 Å². The van der Waals surface area contributed by atoms with E-state index in [0.717, 1.165) is 16.7 Å². The van der Waals surface area contributed by atoms with Crippen LogP contribution in [-0.4, -0.2) is 56.3 Å². The first-order valence-corrected chi connectivity index (χ1v) is 9.94. The molecule has 1 aromatic carbocycles. The van der Waals surface area contributed by atoms with Gasteiger partial charge in [0, 0.05) is 44.4 Å². The summed E-state index contributed by atoms with van der Waals surface area (Å²) in [4.78, 5) is 30.9. The molecule has 150 valence electrons. The molecule has 0 saturated carbocycles. The van der Waals surface area contributed by atoms with Crippen LogP contribution in [0, 0.1) is 5.92 Å². The number of hydrogen-bond acceptors (Lipinski definition) is 5. The maximum Gasteiger partial charge on any atom is 0.224 e. The van der Waals surface area contributed by atoms with E-state index in [1.807, 2.05) is 42.5 Å². The molecule has 0 unspecified atom stereocenters. The third-order valence-electron chi connectivity index (χ3n) is 5.28. The van der Waals surface area contributed by atoms with Gasteiger partial charge in [0.05, 0.1) is 18.0 Å². The molecular weight excluding hydrogens is 368 g/mol. The van der Waals surface area contributed by atoms with Crippen molar-refractivity contribution in [3.63, 3.8) is 0 Å². The van der Waals surface area contributed by atoms with Crippen LogP contribution in [0.1, 0.15) is 18.5 Å². The number of nitrogens with zero attached hydrogens (tertiary/aromatic N) is 5. The SMILES string of the molecule is O=C(NCCn1nnc2ccccc21)[C@@H]1CCC(=O)N(CCc2ccccn2)C1. The number of hydrogen-bond donors (Lipinski definition) is 1. The Labute approximate surface area is 168 Å². The molecule has 2 aromatic heterocycles. The van der Waals surface area contributed by atoms with Crippen molar-refractivity contribution in [1.82, 2.24) is 30.2 Å². The summed E-state index contributed by atoms with van der Waals surface area (Å²) in [6.45, 7) is 2.08. The summed E-state index contributed by atoms with van der Waals surface area (Å²) in [5.41, 5.74) is 2.74. The van der Waals surface area contributed by atoms with Crippen LogP contribution in [0.5, 0.6) is 0 Å². The standard InChI is InChI=1S/C21H24N6O2/c28-20-9-8-16(15-26(20)13-10-17-5-3-4-11-22-17)21(29)23-12-14-27-19-7-2-1-6-18(19)24-25-27/h1-7,11,16H,8-10,12-15H2,(H,23,29)/t16-/m1/s1. The van der Waals surface area contributed by atoms with E-state index in [1.165, 1.54) is 0 Å². The number of carbonyl (C=O) groups excluding carboxylic acids is 2. The lowest BCUT2D eigenvalue weighted by atomic mass is 9.96. The van der Waals surface area contributed by atoms with Crippen LogP contribution >= 0.6 is 0 Å². The van der Waals surface area contributed by atoms with Gasteiger partial charge in [0.2, 0.25) is 11.8 Å². The van der Waals surface area contributed by atoms with E-state index >= 15 is 0 Å². The number of fused-ring (bicyclic) bond motifs is 1. The Morgan fingerprint density at radius 1 is 1.14 bits per heavy atom. The lowest BCUT2D eigenvalue weighted by molar-refractivity contribution is -0.138. The van der Waals surface area contributed by atoms with E-state index in [4.69, 9.17) is 0 Å². The summed E-state index contributed by atoms with van der Waals surface area (Å²) in [6.07, 6.45) is 3.45. The zero-order valence-electron chi connectivity index (χ0n) is 16.2. The van der Waals surface area contributed by atoms with Crippen molar-refractivity contribution < 1.29 is 9.59 Å². The van der Waals surface area contributed by atoms with Gasteiger partial charge in [-0.15, -0.1) is 5.10 Å². The van der Waals surface area contributed by atoms with Crippen molar-refractivity contribution in [3.05, 3.63) is 54.4 Å². The van der Waals surface area contributed by atoms with E-state index in [9.17, 15) is 9.59 Å². The van der Waals surface area contributed by atoms with E-state index in [2.05, 4.69) is 20.6 Å². The molecule has 1 fully saturated rings. The van der Waals surface area contributed by atoms with E-state index in [-0.39, 0.29) is 17.7 Å². The fraction of sp³-hybridized carbons (Fsp3) is 0.381. The third-order valence-corrected chi connectivity index (χ3v) is 5.28. The highest BCUT2D eigenvalue weighted by Gasteiger charge is 2.29. The summed E-state index contributed by atoms with van der Waals surface area (Å²) in [6, 6.07) is 13.5. The highest BCUT2D eigenvalue weighted by atomic mass is 16.2. The number of aromatic nitrogens is 4. The van der Waals surface area contributed by atoms with Crippen molar-refractivity contribution in [3.8, 4) is 0 Å². The lowest BCUT2D eigenvalue weighted by Gasteiger charge is -2.32. The Morgan fingerprint density at radius 3 is 2.86 bits per heavy atom. The second-order valence-corrected chi connectivity index (χ2v) is 7.24. The van der Waals surface area contributed by atoms with Crippen LogP contribution < -0.4 is 5.32 Å². The predicted molar refractivity (Wildman–Crippen MR) is 108 cm³/mol. The van der Waals surface area contributed by atoms with Crippen LogP contribution in [0.15, 0.2) is 48.7 Å². The highest BCUT2D eigenvalue weighted by molar-refractivity contribution is 5.83. The average Bonchev–Trinajstić information content (AvgIpc) is 3.17. The largest absolute Gasteiger partial charge is 0.354 e. The van der Waals surface area contributed by atoms with Gasteiger partial charge in [0.1, 0.15) is 5.52 Å². The molecule has 4 rings (SSSR count). The fourth-order valence-electron chi connectivity index (χ4n) is 3.65. The molecular formula is C21H24N6O2. The summed E-state index contributed by atoms with van der Waals surface area (Å²) in [7, 11) is 0. The number of piperidine rings is 1. The van der Waals surface area contributed by atoms with Crippen LogP contribution in [0.2, 0.25) is 0 Å². The maximum atomic E-state index is 12.6. The van der Waals surface area contributed by atoms with Crippen molar-refractivity contribution >= 4 is 22.8 Å². The Hall–Kier alpha value is -3.29. The number of rotatable bonds is 7. The average molecular weight is 392 g/mol. The van der Waals surface area contributed by atoms with Crippen LogP contribution in [0.3, 0.4) is 0 Å². The van der Waals surface area contributed by atoms with Gasteiger partial charge in [-0.05, 0) is 30.7 Å². The molecule has 1 aliphatic heterocycles. The lowest BCUT2D eigenvalue weighted by Crippen LogP contribution is -2.46. The molecule has 1 N–H and O–H groups in total. The van der Waals surface area contributed by atoms with Crippen LogP contribution in [-0.2, 0) is 22.6 Å². The van der Waals surface area contributed by atoms with E-state index in [1.54, 1.807) is 15.8 Å². The van der Waals surface area contributed by atoms with E-state index < -0.39 is 0 Å². The zero-order valence-corrected chi connectivity index (χ0v) is 16.2. The molecule has 2 amide bonds. The van der Waals surface area contributed by atoms with Gasteiger partial charge in [0.25, 0.3) is 0 Å². The van der Waals surface area contributed by atoms with E-state index in [0.29, 0.717) is 45.4 Å². The minimum atomic E-state index is -0.177. The number of likely N-dealkylation sites (tertiary alicyclic amines) is 1. The third kappa shape index (κ3) is 4.59. The molecule has 8 nitrogen and oxygen atoms in total. The first-order chi connectivity index (χ1) is 14.2. The Kier molecular flexibility index (Phi) is 5.79. The minimum Gasteiger partial charge on any atom is -0.354 e. The number of carbonyl (C=O) groups is 2. The number of pyridine rings is 1. The van der Waals surface area contributed by atoms with Gasteiger partial charge >= 0.3 is 0 Å². The number of nitrogens with one attached hydrogen (secondary N) is 1. The highest BCUT2D eigenvalue weighted by Crippen LogP contribution is 2.18. The molecule has 1 saturated heterocycles. The summed E-state index contributed by atoms with van der Waals surface area (Å²) < 4.78 is 1.79. The second-order valence-electron chi connectivity index (χ2n) is 7.24. The van der Waals surface area contributed by atoms with Gasteiger partial charge < -0.3 is 10.2 Å². The number of para-hydroxylation sites is 1. The number of benzene rings is 1. The smallest absolute Gasteiger partial charge is 0.224 e. The summed E-state index contributed by atoms with van der Waals surface area (Å²) in [5.74, 6) is -0.0762. The van der Waals surface area contributed by atoms with Gasteiger partial charge in [-0.25, -0.2) is 4.68 Å². The minimum absolute atomic E-state index is 0.00948.